The molecule has 1 atom stereocenters. The Hall–Kier alpha value is -0.990. The van der Waals surface area contributed by atoms with Gasteiger partial charge in [0.25, 0.3) is 0 Å². The summed E-state index contributed by atoms with van der Waals surface area (Å²) < 4.78 is 24.4. The highest BCUT2D eigenvalue weighted by Gasteiger charge is 2.36. The first kappa shape index (κ1) is 14.4. The quantitative estimate of drug-likeness (QED) is 0.844. The van der Waals surface area contributed by atoms with Crippen LogP contribution in [0.1, 0.15) is 18.5 Å². The lowest BCUT2D eigenvalue weighted by molar-refractivity contribution is -0.124. The number of hydrogen-bond acceptors (Lipinski definition) is 5. The molecule has 0 saturated carbocycles. The first-order chi connectivity index (χ1) is 8.98. The van der Waals surface area contributed by atoms with E-state index in [4.69, 9.17) is 0 Å². The van der Waals surface area contributed by atoms with Gasteiger partial charge in [0.1, 0.15) is 6.04 Å². The second-order valence-corrected chi connectivity index (χ2v) is 7.21. The van der Waals surface area contributed by atoms with Crippen molar-refractivity contribution in [1.29, 1.82) is 0 Å². The predicted molar refractivity (Wildman–Crippen MR) is 73.4 cm³/mol. The fraction of sp³-hybridized carbons (Fsp3) is 0.636. The number of rotatable bonds is 5. The zero-order valence-electron chi connectivity index (χ0n) is 10.7. The average molecular weight is 303 g/mol. The average Bonchev–Trinajstić information content (AvgIpc) is 2.98. The van der Waals surface area contributed by atoms with Gasteiger partial charge in [0, 0.05) is 24.9 Å². The second kappa shape index (κ2) is 5.98. The van der Waals surface area contributed by atoms with E-state index in [1.165, 1.54) is 15.6 Å². The molecule has 0 aromatic carbocycles. The molecule has 1 N–H and O–H groups in total. The van der Waals surface area contributed by atoms with Crippen molar-refractivity contribution in [3.8, 4) is 0 Å². The molecule has 1 saturated heterocycles. The maximum Gasteiger partial charge on any atom is 0.238 e. The Morgan fingerprint density at radius 2 is 2.42 bits per heavy atom. The molecule has 8 heteroatoms. The maximum absolute atomic E-state index is 12.0. The van der Waals surface area contributed by atoms with Crippen LogP contribution < -0.4 is 5.32 Å². The molecule has 1 aliphatic heterocycles. The molecule has 1 amide bonds. The first-order valence-corrected chi connectivity index (χ1v) is 8.89. The minimum atomic E-state index is -3.30. The number of nitrogens with zero attached hydrogens (tertiary/aromatic N) is 2. The molecule has 1 fully saturated rings. The van der Waals surface area contributed by atoms with Crippen LogP contribution in [-0.4, -0.2) is 49.0 Å². The van der Waals surface area contributed by atoms with Gasteiger partial charge in [-0.3, -0.25) is 4.79 Å². The largest absolute Gasteiger partial charge is 0.354 e. The Kier molecular flexibility index (Phi) is 4.54. The molecule has 2 rings (SSSR count). The van der Waals surface area contributed by atoms with Crippen molar-refractivity contribution in [2.24, 2.45) is 0 Å². The Morgan fingerprint density at radius 1 is 1.63 bits per heavy atom. The molecule has 1 aliphatic rings. The highest BCUT2D eigenvalue weighted by molar-refractivity contribution is 7.88. The minimum Gasteiger partial charge on any atom is -0.354 e. The number of amides is 1. The molecule has 106 valence electrons. The van der Waals surface area contributed by atoms with E-state index in [0.717, 1.165) is 18.4 Å². The van der Waals surface area contributed by atoms with Crippen molar-refractivity contribution in [3.63, 3.8) is 0 Å². The van der Waals surface area contributed by atoms with Crippen molar-refractivity contribution < 1.29 is 13.2 Å². The van der Waals surface area contributed by atoms with Gasteiger partial charge in [-0.15, -0.1) is 11.3 Å². The Morgan fingerprint density at radius 3 is 3.05 bits per heavy atom. The van der Waals surface area contributed by atoms with Crippen LogP contribution in [0.3, 0.4) is 0 Å². The number of carbonyl (C=O) groups excluding carboxylic acids is 1. The van der Waals surface area contributed by atoms with Crippen LogP contribution in [0.2, 0.25) is 0 Å². The molecular formula is C11H17N3O3S2. The zero-order valence-corrected chi connectivity index (χ0v) is 12.3. The summed E-state index contributed by atoms with van der Waals surface area (Å²) in [4.78, 5) is 16.1. The van der Waals surface area contributed by atoms with Crippen LogP contribution in [-0.2, 0) is 21.2 Å². The third-order valence-corrected chi connectivity index (χ3v) is 5.02. The third kappa shape index (κ3) is 3.74. The third-order valence-electron chi connectivity index (χ3n) is 3.10. The molecule has 0 radical (unpaired) electrons. The first-order valence-electron chi connectivity index (χ1n) is 6.10. The van der Waals surface area contributed by atoms with Crippen LogP contribution in [0.15, 0.2) is 10.9 Å². The number of nitrogens with one attached hydrogen (secondary N) is 1. The van der Waals surface area contributed by atoms with Gasteiger partial charge < -0.3 is 5.32 Å². The van der Waals surface area contributed by atoms with Gasteiger partial charge in [0.2, 0.25) is 15.9 Å². The molecule has 6 nitrogen and oxygen atoms in total. The van der Waals surface area contributed by atoms with E-state index in [-0.39, 0.29) is 5.91 Å². The van der Waals surface area contributed by atoms with E-state index in [2.05, 4.69) is 10.3 Å². The second-order valence-electron chi connectivity index (χ2n) is 4.55. The lowest BCUT2D eigenvalue weighted by Crippen LogP contribution is -2.45. The lowest BCUT2D eigenvalue weighted by Gasteiger charge is -2.21. The van der Waals surface area contributed by atoms with E-state index in [1.54, 1.807) is 5.51 Å². The smallest absolute Gasteiger partial charge is 0.238 e. The molecule has 0 bridgehead atoms. The van der Waals surface area contributed by atoms with Crippen molar-refractivity contribution in [2.45, 2.75) is 25.3 Å². The topological polar surface area (TPSA) is 79.4 Å². The van der Waals surface area contributed by atoms with Crippen LogP contribution in [0, 0.1) is 0 Å². The monoisotopic (exact) mass is 303 g/mol. The van der Waals surface area contributed by atoms with Crippen molar-refractivity contribution in [3.05, 3.63) is 16.6 Å². The van der Waals surface area contributed by atoms with Crippen LogP contribution >= 0.6 is 11.3 Å². The number of aromatic nitrogens is 1. The van der Waals surface area contributed by atoms with E-state index in [9.17, 15) is 13.2 Å². The van der Waals surface area contributed by atoms with Gasteiger partial charge in [-0.1, -0.05) is 0 Å². The summed E-state index contributed by atoms with van der Waals surface area (Å²) in [7, 11) is -3.30. The number of carbonyl (C=O) groups is 1. The fourth-order valence-corrected chi connectivity index (χ4v) is 3.91. The van der Waals surface area contributed by atoms with Gasteiger partial charge in [-0.25, -0.2) is 13.4 Å². The summed E-state index contributed by atoms with van der Waals surface area (Å²) in [5.41, 5.74) is 2.69. The summed E-state index contributed by atoms with van der Waals surface area (Å²) in [6, 6.07) is -0.551. The normalized spacial score (nSPS) is 20.6. The Bertz CT molecular complexity index is 527. The molecule has 1 aromatic heterocycles. The van der Waals surface area contributed by atoms with E-state index >= 15 is 0 Å². The number of sulfonamides is 1. The fourth-order valence-electron chi connectivity index (χ4n) is 2.19. The Balaban J connectivity index is 1.85. The van der Waals surface area contributed by atoms with Gasteiger partial charge in [0.05, 0.1) is 17.5 Å². The van der Waals surface area contributed by atoms with E-state index < -0.39 is 16.1 Å². The number of hydrogen-bond donors (Lipinski definition) is 1. The minimum absolute atomic E-state index is 0.210. The molecule has 2 heterocycles. The van der Waals surface area contributed by atoms with Gasteiger partial charge in [-0.2, -0.15) is 4.31 Å². The summed E-state index contributed by atoms with van der Waals surface area (Å²) in [6.45, 7) is 0.916. The maximum atomic E-state index is 12.0. The summed E-state index contributed by atoms with van der Waals surface area (Å²) >= 11 is 1.52. The molecule has 0 aliphatic carbocycles. The van der Waals surface area contributed by atoms with Crippen LogP contribution in [0.5, 0.6) is 0 Å². The lowest BCUT2D eigenvalue weighted by atomic mass is 10.2. The van der Waals surface area contributed by atoms with Gasteiger partial charge >= 0.3 is 0 Å². The van der Waals surface area contributed by atoms with Crippen molar-refractivity contribution in [2.75, 3.05) is 19.3 Å². The summed E-state index contributed by atoms with van der Waals surface area (Å²) in [5.74, 6) is -0.210. The van der Waals surface area contributed by atoms with E-state index in [0.29, 0.717) is 25.9 Å². The highest BCUT2D eigenvalue weighted by Crippen LogP contribution is 2.20. The predicted octanol–water partition coefficient (Wildman–Crippen LogP) is 0.226. The van der Waals surface area contributed by atoms with Crippen molar-refractivity contribution in [1.82, 2.24) is 14.6 Å². The van der Waals surface area contributed by atoms with Crippen molar-refractivity contribution >= 4 is 27.3 Å². The Labute approximate surface area is 116 Å². The van der Waals surface area contributed by atoms with Crippen LogP contribution in [0.25, 0.3) is 0 Å². The van der Waals surface area contributed by atoms with Gasteiger partial charge in [-0.05, 0) is 12.8 Å². The van der Waals surface area contributed by atoms with E-state index in [1.807, 2.05) is 5.38 Å². The highest BCUT2D eigenvalue weighted by atomic mass is 32.2. The molecule has 1 aromatic rings. The molecule has 1 unspecified atom stereocenters. The molecule has 19 heavy (non-hydrogen) atoms. The SMILES string of the molecule is CS(=O)(=O)N1CCCC1C(=O)NCCc1cscn1. The molecule has 0 spiro atoms. The summed E-state index contributed by atoms with van der Waals surface area (Å²) in [5, 5.41) is 4.72. The standard InChI is InChI=1S/C11H17N3O3S2/c1-19(16,17)14-6-2-3-10(14)11(15)12-5-4-9-7-18-8-13-9/h7-8,10H,2-6H2,1H3,(H,12,15). The van der Waals surface area contributed by atoms with Crippen LogP contribution in [0.4, 0.5) is 0 Å². The zero-order chi connectivity index (χ0) is 13.9. The summed E-state index contributed by atoms with van der Waals surface area (Å²) in [6.07, 6.45) is 3.14. The molecular weight excluding hydrogens is 286 g/mol. The van der Waals surface area contributed by atoms with Gasteiger partial charge in [0.15, 0.2) is 0 Å². The number of thiazole rings is 1.